The van der Waals surface area contributed by atoms with Crippen molar-refractivity contribution in [2.75, 3.05) is 45.9 Å². The number of carboxylic acids is 3. The van der Waals surface area contributed by atoms with Gasteiger partial charge in [0, 0.05) is 44.2 Å². The van der Waals surface area contributed by atoms with E-state index in [0.717, 1.165) is 69.5 Å². The van der Waals surface area contributed by atoms with E-state index in [1.807, 2.05) is 79.4 Å². The quantitative estimate of drug-likeness (QED) is 0.0758. The molecule has 4 unspecified atom stereocenters. The molecule has 5 rings (SSSR count). The number of carbonyl (C=O) groups excluding carboxylic acids is 4. The van der Waals surface area contributed by atoms with Crippen LogP contribution in [-0.4, -0.2) is 161 Å². The molecule has 27 heteroatoms. The van der Waals surface area contributed by atoms with E-state index in [2.05, 4.69) is 20.9 Å². The van der Waals surface area contributed by atoms with E-state index >= 15 is 0 Å². The van der Waals surface area contributed by atoms with Gasteiger partial charge in [-0.25, -0.2) is 14.4 Å². The normalized spacial score (nSPS) is 17.3. The van der Waals surface area contributed by atoms with Gasteiger partial charge in [-0.3, -0.25) is 19.2 Å². The lowest BCUT2D eigenvalue weighted by atomic mass is 9.71. The third kappa shape index (κ3) is 24.0. The second-order valence-electron chi connectivity index (χ2n) is 18.6. The number of ether oxygens (including phenoxy) is 1. The van der Waals surface area contributed by atoms with Crippen molar-refractivity contribution in [2.45, 2.75) is 127 Å². The number of unbranched alkanes of at least 4 members (excludes halogenated alkanes) is 1. The number of benzene rings is 2. The SMILES string of the molecule is CC(C)CC(NC(=O)C(Cc1ccccc1)NC(=O)C(N)Cc1ccccc1)C(=O)NC(CCCCN)C(=O)N1CC2(CCN(C3CCOCC3)CC2)C1.O=C(O)C(F)(F)F.O=C(O)C(F)(F)F.O=C(O)C(F)(F)F. The molecule has 3 aliphatic heterocycles. The maximum absolute atomic E-state index is 14.0. The van der Waals surface area contributed by atoms with Crippen LogP contribution in [0.5, 0.6) is 0 Å². The van der Waals surface area contributed by atoms with E-state index < -0.39 is 78.3 Å². The smallest absolute Gasteiger partial charge is 0.475 e. The molecule has 75 heavy (non-hydrogen) atoms. The number of hydrogen-bond donors (Lipinski definition) is 8. The molecule has 3 fully saturated rings. The Kier molecular flexibility index (Phi) is 26.4. The summed E-state index contributed by atoms with van der Waals surface area (Å²) in [6.07, 6.45) is -8.14. The number of rotatable bonds is 18. The molecule has 3 aliphatic rings. The van der Waals surface area contributed by atoms with Crippen molar-refractivity contribution in [2.24, 2.45) is 22.8 Å². The molecule has 10 N–H and O–H groups in total. The van der Waals surface area contributed by atoms with Gasteiger partial charge in [0.1, 0.15) is 18.1 Å². The monoisotopic (exact) mass is 1090 g/mol. The highest BCUT2D eigenvalue weighted by Gasteiger charge is 2.49. The van der Waals surface area contributed by atoms with Gasteiger partial charge in [0.05, 0.1) is 6.04 Å². The molecule has 18 nitrogen and oxygen atoms in total. The van der Waals surface area contributed by atoms with Crippen LogP contribution in [0.4, 0.5) is 39.5 Å². The van der Waals surface area contributed by atoms with Crippen molar-refractivity contribution in [3.8, 4) is 0 Å². The highest BCUT2D eigenvalue weighted by Crippen LogP contribution is 2.42. The predicted octanol–water partition coefficient (Wildman–Crippen LogP) is 4.43. The van der Waals surface area contributed by atoms with Crippen LogP contribution >= 0.6 is 0 Å². The average Bonchev–Trinajstić information content (AvgIpc) is 3.32. The fourth-order valence-electron chi connectivity index (χ4n) is 8.17. The number of nitrogens with one attached hydrogen (secondary N) is 3. The van der Waals surface area contributed by atoms with Crippen LogP contribution in [-0.2, 0) is 51.1 Å². The number of halogens is 9. The van der Waals surface area contributed by atoms with Gasteiger partial charge in [-0.2, -0.15) is 39.5 Å². The van der Waals surface area contributed by atoms with Crippen molar-refractivity contribution in [3.63, 3.8) is 0 Å². The molecular weight excluding hydrogens is 1020 g/mol. The minimum Gasteiger partial charge on any atom is -0.475 e. The van der Waals surface area contributed by atoms with Crippen molar-refractivity contribution < 1.29 is 93.1 Å². The zero-order chi connectivity index (χ0) is 56.7. The molecule has 2 aromatic carbocycles. The van der Waals surface area contributed by atoms with E-state index in [1.54, 1.807) is 0 Å². The molecular formula is C48H66F9N7O11. The van der Waals surface area contributed by atoms with Crippen LogP contribution in [0.3, 0.4) is 0 Å². The molecule has 0 saturated carbocycles. The number of nitrogens with zero attached hydrogens (tertiary/aromatic N) is 2. The van der Waals surface area contributed by atoms with E-state index in [4.69, 9.17) is 45.9 Å². The summed E-state index contributed by atoms with van der Waals surface area (Å²) in [6, 6.07) is 16.0. The summed E-state index contributed by atoms with van der Waals surface area (Å²) in [6.45, 7) is 9.64. The number of piperidine rings is 1. The summed E-state index contributed by atoms with van der Waals surface area (Å²) in [5.41, 5.74) is 14.0. The predicted molar refractivity (Wildman–Crippen MR) is 251 cm³/mol. The zero-order valence-electron chi connectivity index (χ0n) is 41.3. The fraction of sp³-hybridized carbons (Fsp3) is 0.604. The highest BCUT2D eigenvalue weighted by molar-refractivity contribution is 5.95. The first kappa shape index (κ1) is 65.1. The van der Waals surface area contributed by atoms with Crippen LogP contribution in [0.1, 0.15) is 76.3 Å². The van der Waals surface area contributed by atoms with Crippen molar-refractivity contribution >= 4 is 41.5 Å². The molecule has 2 aromatic rings. The minimum absolute atomic E-state index is 0.0659. The number of aliphatic carboxylic acids is 3. The Morgan fingerprint density at radius 2 is 1.07 bits per heavy atom. The van der Waals surface area contributed by atoms with Crippen molar-refractivity contribution in [1.82, 2.24) is 25.8 Å². The lowest BCUT2D eigenvalue weighted by Crippen LogP contribution is -2.66. The summed E-state index contributed by atoms with van der Waals surface area (Å²) in [5, 5.41) is 30.2. The van der Waals surface area contributed by atoms with Gasteiger partial charge in [-0.05, 0) is 94.5 Å². The third-order valence-electron chi connectivity index (χ3n) is 12.1. The topological polar surface area (TPSA) is 284 Å². The Morgan fingerprint density at radius 3 is 1.49 bits per heavy atom. The summed E-state index contributed by atoms with van der Waals surface area (Å²) in [5.74, 6) is -9.62. The van der Waals surface area contributed by atoms with Gasteiger partial charge < -0.3 is 57.3 Å². The number of hydrogen-bond acceptors (Lipinski definition) is 11. The molecule has 0 aliphatic carbocycles. The third-order valence-corrected chi connectivity index (χ3v) is 12.1. The van der Waals surface area contributed by atoms with Gasteiger partial charge in [-0.15, -0.1) is 0 Å². The number of carboxylic acid groups (broad SMARTS) is 3. The summed E-state index contributed by atoms with van der Waals surface area (Å²) >= 11 is 0. The summed E-state index contributed by atoms with van der Waals surface area (Å²) < 4.78 is 101. The van der Waals surface area contributed by atoms with E-state index in [-0.39, 0.29) is 23.7 Å². The molecule has 4 amide bonds. The second kappa shape index (κ2) is 30.5. The van der Waals surface area contributed by atoms with Gasteiger partial charge in [-0.1, -0.05) is 74.5 Å². The van der Waals surface area contributed by atoms with E-state index in [9.17, 15) is 58.7 Å². The summed E-state index contributed by atoms with van der Waals surface area (Å²) in [7, 11) is 0. The average molecular weight is 1090 g/mol. The highest BCUT2D eigenvalue weighted by atomic mass is 19.4. The Balaban J connectivity index is 0.000000767. The van der Waals surface area contributed by atoms with Gasteiger partial charge >= 0.3 is 36.4 Å². The first-order valence-corrected chi connectivity index (χ1v) is 23.8. The van der Waals surface area contributed by atoms with Crippen LogP contribution in [0, 0.1) is 11.3 Å². The van der Waals surface area contributed by atoms with E-state index in [0.29, 0.717) is 51.4 Å². The molecule has 3 saturated heterocycles. The number of amides is 4. The number of carbonyl (C=O) groups is 7. The first-order chi connectivity index (χ1) is 34.9. The lowest BCUT2D eigenvalue weighted by molar-refractivity contribution is -0.193. The zero-order valence-corrected chi connectivity index (χ0v) is 41.3. The number of likely N-dealkylation sites (tertiary alicyclic amines) is 2. The number of alkyl halides is 9. The van der Waals surface area contributed by atoms with Crippen LogP contribution in [0.15, 0.2) is 60.7 Å². The maximum atomic E-state index is 14.0. The van der Waals surface area contributed by atoms with Crippen LogP contribution in [0.25, 0.3) is 0 Å². The van der Waals surface area contributed by atoms with Crippen LogP contribution in [0.2, 0.25) is 0 Å². The summed E-state index contributed by atoms with van der Waals surface area (Å²) in [4.78, 5) is 86.6. The van der Waals surface area contributed by atoms with Gasteiger partial charge in [0.15, 0.2) is 0 Å². The maximum Gasteiger partial charge on any atom is 0.490 e. The van der Waals surface area contributed by atoms with Crippen LogP contribution < -0.4 is 27.4 Å². The first-order valence-electron chi connectivity index (χ1n) is 23.8. The van der Waals surface area contributed by atoms with Crippen molar-refractivity contribution in [3.05, 3.63) is 71.8 Å². The lowest BCUT2D eigenvalue weighted by Gasteiger charge is -2.55. The molecule has 422 valence electrons. The Hall–Kier alpha value is -6.06. The molecule has 3 heterocycles. The van der Waals surface area contributed by atoms with Gasteiger partial charge in [0.25, 0.3) is 0 Å². The molecule has 4 atom stereocenters. The van der Waals surface area contributed by atoms with E-state index in [1.165, 1.54) is 0 Å². The molecule has 0 aromatic heterocycles. The standard InChI is InChI=1S/C42H63N7O5.3C2HF3O2/c1-30(2)25-36(47-40(52)37(27-32-13-7-4-8-14-32)46-38(50)34(44)26-31-11-5-3-6-12-31)39(51)45-35(15-9-10-20-43)41(53)49-28-42(29-49)18-21-48(22-19-42)33-16-23-54-24-17-33;3*3-2(4,5)1(6)7/h3-8,11-14,30,33-37H,9-10,15-29,43-44H2,1-2H3,(H,45,51)(H,46,50)(H,47,52);3*(H,6,7). The van der Waals surface area contributed by atoms with Gasteiger partial charge in [0.2, 0.25) is 23.6 Å². The number of nitrogens with two attached hydrogens (primary N) is 2. The Labute approximate surface area is 427 Å². The Bertz CT molecular complexity index is 2060. The fourth-order valence-corrected chi connectivity index (χ4v) is 8.17. The molecule has 0 radical (unpaired) electrons. The second-order valence-corrected chi connectivity index (χ2v) is 18.6. The Morgan fingerprint density at radius 1 is 0.653 bits per heavy atom. The molecule has 1 spiro atoms. The largest absolute Gasteiger partial charge is 0.490 e. The minimum atomic E-state index is -5.08. The van der Waals surface area contributed by atoms with Crippen molar-refractivity contribution in [1.29, 1.82) is 0 Å². The molecule has 0 bridgehead atoms.